The number of aryl methyl sites for hydroxylation is 1. The topological polar surface area (TPSA) is 42.8 Å². The fourth-order valence-corrected chi connectivity index (χ4v) is 2.79. The van der Waals surface area contributed by atoms with Gasteiger partial charge in [0.2, 0.25) is 0 Å². The molecule has 0 radical (unpaired) electrons. The second kappa shape index (κ2) is 6.86. The summed E-state index contributed by atoms with van der Waals surface area (Å²) in [6.07, 6.45) is 1.47. The van der Waals surface area contributed by atoms with E-state index >= 15 is 0 Å². The highest BCUT2D eigenvalue weighted by Crippen LogP contribution is 2.09. The lowest BCUT2D eigenvalue weighted by atomic mass is 10.1. The number of benzene rings is 1. The molecular weight excluding hydrogens is 252 g/mol. The fraction of sp³-hybridized carbons (Fsp3) is 0.562. The smallest absolute Gasteiger partial charge is 0.279 e. The van der Waals surface area contributed by atoms with Crippen LogP contribution in [0.1, 0.15) is 26.3 Å². The van der Waals surface area contributed by atoms with E-state index in [0.717, 1.165) is 25.2 Å². The highest BCUT2D eigenvalue weighted by molar-refractivity contribution is 5.91. The zero-order valence-electron chi connectivity index (χ0n) is 12.6. The third-order valence-electron chi connectivity index (χ3n) is 3.67. The summed E-state index contributed by atoms with van der Waals surface area (Å²) in [5, 5.41) is 2.97. The molecule has 0 bridgehead atoms. The summed E-state index contributed by atoms with van der Waals surface area (Å²) in [4.78, 5) is 13.4. The number of quaternary nitrogens is 1. The number of nitrogens with one attached hydrogen (secondary N) is 2. The molecule has 20 heavy (non-hydrogen) atoms. The maximum Gasteiger partial charge on any atom is 0.279 e. The SMILES string of the molecule is CCc1ccc(NC(=O)C[NH+]2C[C@@H](C)O[C@@H](C)C2)cc1. The number of morpholine rings is 1. The zero-order valence-corrected chi connectivity index (χ0v) is 12.6. The predicted molar refractivity (Wildman–Crippen MR) is 80.0 cm³/mol. The molecule has 2 rings (SSSR count). The van der Waals surface area contributed by atoms with Crippen LogP contribution in [-0.2, 0) is 16.0 Å². The minimum absolute atomic E-state index is 0.0746. The molecule has 1 aromatic carbocycles. The number of carbonyl (C=O) groups excluding carboxylic acids is 1. The van der Waals surface area contributed by atoms with E-state index in [2.05, 4.69) is 38.2 Å². The maximum absolute atomic E-state index is 12.1. The van der Waals surface area contributed by atoms with Crippen molar-refractivity contribution in [1.29, 1.82) is 0 Å². The van der Waals surface area contributed by atoms with Gasteiger partial charge in [-0.05, 0) is 38.0 Å². The normalized spacial score (nSPS) is 26.2. The molecule has 1 amide bonds. The van der Waals surface area contributed by atoms with E-state index in [1.807, 2.05) is 12.1 Å². The minimum atomic E-state index is 0.0746. The predicted octanol–water partition coefficient (Wildman–Crippen LogP) is 0.880. The van der Waals surface area contributed by atoms with Crippen LogP contribution in [0.3, 0.4) is 0 Å². The molecule has 110 valence electrons. The van der Waals surface area contributed by atoms with Gasteiger partial charge in [0.25, 0.3) is 5.91 Å². The van der Waals surface area contributed by atoms with Crippen LogP contribution in [-0.4, -0.2) is 37.7 Å². The van der Waals surface area contributed by atoms with Gasteiger partial charge in [0.1, 0.15) is 25.3 Å². The van der Waals surface area contributed by atoms with E-state index in [9.17, 15) is 4.79 Å². The number of anilines is 1. The van der Waals surface area contributed by atoms with Crippen LogP contribution in [0, 0.1) is 0 Å². The second-order valence-corrected chi connectivity index (χ2v) is 5.69. The Kier molecular flexibility index (Phi) is 5.15. The average Bonchev–Trinajstić information content (AvgIpc) is 2.38. The standard InChI is InChI=1S/C16H24N2O2/c1-4-14-5-7-15(8-6-14)17-16(19)11-18-9-12(2)20-13(3)10-18/h5-8,12-13H,4,9-11H2,1-3H3,(H,17,19)/p+1/t12-,13+. The summed E-state index contributed by atoms with van der Waals surface area (Å²) in [5.41, 5.74) is 2.16. The Morgan fingerprint density at radius 3 is 2.40 bits per heavy atom. The Labute approximate surface area is 121 Å². The van der Waals surface area contributed by atoms with Crippen molar-refractivity contribution in [3.63, 3.8) is 0 Å². The van der Waals surface area contributed by atoms with Crippen molar-refractivity contribution in [2.45, 2.75) is 39.4 Å². The first kappa shape index (κ1) is 15.0. The molecular formula is C16H25N2O2+. The molecule has 4 heteroatoms. The largest absolute Gasteiger partial charge is 0.364 e. The van der Waals surface area contributed by atoms with Crippen molar-refractivity contribution >= 4 is 11.6 Å². The van der Waals surface area contributed by atoms with Crippen molar-refractivity contribution in [3.8, 4) is 0 Å². The Bertz CT molecular complexity index is 434. The molecule has 1 aromatic rings. The molecule has 4 nitrogen and oxygen atoms in total. The van der Waals surface area contributed by atoms with Gasteiger partial charge in [-0.2, -0.15) is 0 Å². The number of amides is 1. The van der Waals surface area contributed by atoms with Crippen molar-refractivity contribution in [2.24, 2.45) is 0 Å². The van der Waals surface area contributed by atoms with Gasteiger partial charge in [-0.15, -0.1) is 0 Å². The summed E-state index contributed by atoms with van der Waals surface area (Å²) in [6.45, 7) is 8.55. The van der Waals surface area contributed by atoms with Crippen LogP contribution in [0.5, 0.6) is 0 Å². The fourth-order valence-electron chi connectivity index (χ4n) is 2.79. The van der Waals surface area contributed by atoms with Crippen LogP contribution in [0.15, 0.2) is 24.3 Å². The molecule has 2 N–H and O–H groups in total. The van der Waals surface area contributed by atoms with Crippen LogP contribution in [0.4, 0.5) is 5.69 Å². The summed E-state index contributed by atoms with van der Waals surface area (Å²) in [7, 11) is 0. The first-order chi connectivity index (χ1) is 9.56. The molecule has 3 atom stereocenters. The van der Waals surface area contributed by atoms with Gasteiger partial charge in [-0.1, -0.05) is 19.1 Å². The summed E-state index contributed by atoms with van der Waals surface area (Å²) in [6, 6.07) is 8.05. The zero-order chi connectivity index (χ0) is 14.5. The minimum Gasteiger partial charge on any atom is -0.364 e. The van der Waals surface area contributed by atoms with Crippen LogP contribution >= 0.6 is 0 Å². The summed E-state index contributed by atoms with van der Waals surface area (Å²) in [5.74, 6) is 0.0746. The van der Waals surface area contributed by atoms with E-state index in [-0.39, 0.29) is 18.1 Å². The van der Waals surface area contributed by atoms with Crippen LogP contribution in [0.2, 0.25) is 0 Å². The number of rotatable bonds is 4. The molecule has 1 heterocycles. The molecule has 0 aromatic heterocycles. The van der Waals surface area contributed by atoms with Gasteiger partial charge in [0, 0.05) is 5.69 Å². The summed E-state index contributed by atoms with van der Waals surface area (Å²) < 4.78 is 5.69. The average molecular weight is 277 g/mol. The first-order valence-electron chi connectivity index (χ1n) is 7.44. The molecule has 1 fully saturated rings. The Balaban J connectivity index is 1.85. The summed E-state index contributed by atoms with van der Waals surface area (Å²) >= 11 is 0. The number of carbonyl (C=O) groups is 1. The van der Waals surface area contributed by atoms with Gasteiger partial charge in [-0.25, -0.2) is 0 Å². The van der Waals surface area contributed by atoms with Crippen molar-refractivity contribution in [1.82, 2.24) is 0 Å². The molecule has 1 aliphatic heterocycles. The highest BCUT2D eigenvalue weighted by Gasteiger charge is 2.27. The number of hydrogen-bond acceptors (Lipinski definition) is 2. The van der Waals surface area contributed by atoms with Gasteiger partial charge < -0.3 is 15.0 Å². The lowest BCUT2D eigenvalue weighted by Gasteiger charge is -2.31. The number of ether oxygens (including phenoxy) is 1. The second-order valence-electron chi connectivity index (χ2n) is 5.69. The molecule has 0 saturated carbocycles. The Hall–Kier alpha value is -1.39. The van der Waals surface area contributed by atoms with Gasteiger partial charge in [0.15, 0.2) is 6.54 Å². The van der Waals surface area contributed by atoms with E-state index in [1.165, 1.54) is 10.5 Å². The van der Waals surface area contributed by atoms with E-state index < -0.39 is 0 Å². The Morgan fingerprint density at radius 1 is 1.25 bits per heavy atom. The van der Waals surface area contributed by atoms with Gasteiger partial charge in [-0.3, -0.25) is 4.79 Å². The molecule has 1 unspecified atom stereocenters. The van der Waals surface area contributed by atoms with E-state index in [1.54, 1.807) is 0 Å². The third-order valence-corrected chi connectivity index (χ3v) is 3.67. The number of hydrogen-bond donors (Lipinski definition) is 2. The van der Waals surface area contributed by atoms with Crippen molar-refractivity contribution < 1.29 is 14.4 Å². The van der Waals surface area contributed by atoms with Crippen LogP contribution < -0.4 is 10.2 Å². The molecule has 0 aliphatic carbocycles. The quantitative estimate of drug-likeness (QED) is 0.858. The first-order valence-corrected chi connectivity index (χ1v) is 7.44. The Morgan fingerprint density at radius 2 is 1.85 bits per heavy atom. The lowest BCUT2D eigenvalue weighted by molar-refractivity contribution is -0.907. The monoisotopic (exact) mass is 277 g/mol. The van der Waals surface area contributed by atoms with Gasteiger partial charge in [0.05, 0.1) is 0 Å². The van der Waals surface area contributed by atoms with Gasteiger partial charge >= 0.3 is 0 Å². The van der Waals surface area contributed by atoms with E-state index in [4.69, 9.17) is 4.74 Å². The van der Waals surface area contributed by atoms with Crippen molar-refractivity contribution in [3.05, 3.63) is 29.8 Å². The molecule has 1 aliphatic rings. The van der Waals surface area contributed by atoms with E-state index in [0.29, 0.717) is 6.54 Å². The molecule has 1 saturated heterocycles. The highest BCUT2D eigenvalue weighted by atomic mass is 16.5. The lowest BCUT2D eigenvalue weighted by Crippen LogP contribution is -3.16. The maximum atomic E-state index is 12.1. The third kappa shape index (κ3) is 4.32. The van der Waals surface area contributed by atoms with Crippen LogP contribution in [0.25, 0.3) is 0 Å². The van der Waals surface area contributed by atoms with Crippen molar-refractivity contribution in [2.75, 3.05) is 25.0 Å². The molecule has 0 spiro atoms.